The number of halogens is 1. The Morgan fingerprint density at radius 2 is 1.82 bits per heavy atom. The van der Waals surface area contributed by atoms with Crippen molar-refractivity contribution < 1.29 is 23.5 Å². The standard InChI is InChI=1S/C28H23FN4O4S/c29-17-8-10-18(11-9-17)31-24(34)14-16-33-26(25(32-28(33)38)21-7-3-4-15-30-21)23-13-12-22(37-23)19-5-1-2-6-20(19)27(35)36/h1-13,15,25-26H,14,16H2,(H,31,34)(H,32,38)(H,35,36)/t25-,26+/m0/s1. The molecular formula is C28H23FN4O4S. The molecule has 0 saturated carbocycles. The summed E-state index contributed by atoms with van der Waals surface area (Å²) in [6, 6.07) is 20.4. The van der Waals surface area contributed by atoms with Gasteiger partial charge in [0.1, 0.15) is 23.4 Å². The summed E-state index contributed by atoms with van der Waals surface area (Å²) in [5, 5.41) is 16.1. The van der Waals surface area contributed by atoms with Gasteiger partial charge in [-0.05, 0) is 66.8 Å². The number of nitrogens with one attached hydrogen (secondary N) is 2. The van der Waals surface area contributed by atoms with E-state index < -0.39 is 12.0 Å². The zero-order chi connectivity index (χ0) is 26.6. The van der Waals surface area contributed by atoms with E-state index >= 15 is 0 Å². The van der Waals surface area contributed by atoms with Crippen molar-refractivity contribution in [1.29, 1.82) is 0 Å². The zero-order valence-corrected chi connectivity index (χ0v) is 20.8. The van der Waals surface area contributed by atoms with E-state index in [0.29, 0.717) is 27.9 Å². The number of hydrogen-bond donors (Lipinski definition) is 3. The van der Waals surface area contributed by atoms with Gasteiger partial charge in [0.15, 0.2) is 5.11 Å². The molecule has 5 rings (SSSR count). The maximum Gasteiger partial charge on any atom is 0.336 e. The Morgan fingerprint density at radius 1 is 1.05 bits per heavy atom. The fourth-order valence-electron chi connectivity index (χ4n) is 4.47. The number of furan rings is 1. The number of amides is 1. The summed E-state index contributed by atoms with van der Waals surface area (Å²) in [5.41, 5.74) is 1.82. The van der Waals surface area contributed by atoms with Crippen molar-refractivity contribution in [3.05, 3.63) is 108 Å². The van der Waals surface area contributed by atoms with Gasteiger partial charge in [-0.2, -0.15) is 0 Å². The molecule has 192 valence electrons. The van der Waals surface area contributed by atoms with E-state index in [2.05, 4.69) is 15.6 Å². The fourth-order valence-corrected chi connectivity index (χ4v) is 4.81. The number of hydrogen-bond acceptors (Lipinski definition) is 5. The number of carboxylic acids is 1. The molecule has 3 N–H and O–H groups in total. The van der Waals surface area contributed by atoms with Crippen LogP contribution in [0.5, 0.6) is 0 Å². The van der Waals surface area contributed by atoms with E-state index in [9.17, 15) is 19.1 Å². The minimum absolute atomic E-state index is 0.111. The van der Waals surface area contributed by atoms with E-state index in [1.165, 1.54) is 30.3 Å². The van der Waals surface area contributed by atoms with Crippen LogP contribution in [0.2, 0.25) is 0 Å². The first kappa shape index (κ1) is 25.1. The Morgan fingerprint density at radius 3 is 2.55 bits per heavy atom. The number of rotatable bonds is 8. The first-order valence-corrected chi connectivity index (χ1v) is 12.3. The molecule has 1 amide bonds. The van der Waals surface area contributed by atoms with Gasteiger partial charge in [0.05, 0.1) is 17.3 Å². The molecule has 2 aromatic heterocycles. The van der Waals surface area contributed by atoms with Gasteiger partial charge in [-0.15, -0.1) is 0 Å². The number of carbonyl (C=O) groups excluding carboxylic acids is 1. The Balaban J connectivity index is 1.42. The minimum Gasteiger partial charge on any atom is -0.478 e. The number of carboxylic acid groups (broad SMARTS) is 1. The lowest BCUT2D eigenvalue weighted by Crippen LogP contribution is -2.32. The van der Waals surface area contributed by atoms with Crippen LogP contribution in [0.3, 0.4) is 0 Å². The molecule has 2 aromatic carbocycles. The normalized spacial score (nSPS) is 16.8. The maximum atomic E-state index is 13.2. The molecule has 0 aliphatic carbocycles. The lowest BCUT2D eigenvalue weighted by Gasteiger charge is -2.25. The summed E-state index contributed by atoms with van der Waals surface area (Å²) in [6.07, 6.45) is 1.80. The van der Waals surface area contributed by atoms with Gasteiger partial charge in [-0.3, -0.25) is 9.78 Å². The monoisotopic (exact) mass is 530 g/mol. The second-order valence-electron chi connectivity index (χ2n) is 8.68. The van der Waals surface area contributed by atoms with Crippen LogP contribution in [0.1, 0.15) is 40.3 Å². The molecule has 10 heteroatoms. The summed E-state index contributed by atoms with van der Waals surface area (Å²) in [6.45, 7) is 0.272. The summed E-state index contributed by atoms with van der Waals surface area (Å²) in [7, 11) is 0. The highest BCUT2D eigenvalue weighted by molar-refractivity contribution is 7.80. The van der Waals surface area contributed by atoms with Gasteiger partial charge in [-0.1, -0.05) is 24.3 Å². The molecule has 1 aliphatic rings. The summed E-state index contributed by atoms with van der Waals surface area (Å²) < 4.78 is 19.4. The quantitative estimate of drug-likeness (QED) is 0.268. The van der Waals surface area contributed by atoms with Crippen molar-refractivity contribution in [2.45, 2.75) is 18.5 Å². The van der Waals surface area contributed by atoms with Crippen LogP contribution in [0.4, 0.5) is 10.1 Å². The van der Waals surface area contributed by atoms with Crippen LogP contribution in [0, 0.1) is 5.82 Å². The number of aromatic nitrogens is 1. The molecule has 0 bridgehead atoms. The van der Waals surface area contributed by atoms with Crippen LogP contribution in [-0.4, -0.2) is 38.5 Å². The molecule has 0 radical (unpaired) electrons. The van der Waals surface area contributed by atoms with Crippen molar-refractivity contribution in [2.24, 2.45) is 0 Å². The predicted molar refractivity (Wildman–Crippen MR) is 143 cm³/mol. The summed E-state index contributed by atoms with van der Waals surface area (Å²) in [4.78, 5) is 30.8. The lowest BCUT2D eigenvalue weighted by atomic mass is 10.0. The number of thiocarbonyl (C=S) groups is 1. The first-order chi connectivity index (χ1) is 18.4. The van der Waals surface area contributed by atoms with E-state index in [1.54, 1.807) is 36.5 Å². The molecule has 8 nitrogen and oxygen atoms in total. The Hall–Kier alpha value is -4.57. The third-order valence-electron chi connectivity index (χ3n) is 6.25. The number of anilines is 1. The Bertz CT molecular complexity index is 1480. The number of aromatic carboxylic acids is 1. The summed E-state index contributed by atoms with van der Waals surface area (Å²) >= 11 is 5.64. The Labute approximate surface area is 223 Å². The third-order valence-corrected chi connectivity index (χ3v) is 6.60. The van der Waals surface area contributed by atoms with Gasteiger partial charge in [0, 0.05) is 30.4 Å². The molecule has 1 aliphatic heterocycles. The van der Waals surface area contributed by atoms with Crippen LogP contribution in [-0.2, 0) is 4.79 Å². The SMILES string of the molecule is O=C(CCN1C(=S)N[C@@H](c2ccccn2)[C@H]1c1ccc(-c2ccccc2C(=O)O)o1)Nc1ccc(F)cc1. The van der Waals surface area contributed by atoms with Gasteiger partial charge < -0.3 is 25.1 Å². The average Bonchev–Trinajstić information content (AvgIpc) is 3.53. The highest BCUT2D eigenvalue weighted by Crippen LogP contribution is 2.40. The van der Waals surface area contributed by atoms with Crippen molar-refractivity contribution in [2.75, 3.05) is 11.9 Å². The molecule has 0 unspecified atom stereocenters. The lowest BCUT2D eigenvalue weighted by molar-refractivity contribution is -0.116. The average molecular weight is 531 g/mol. The van der Waals surface area contributed by atoms with Gasteiger partial charge in [0.25, 0.3) is 0 Å². The van der Waals surface area contributed by atoms with Crippen LogP contribution >= 0.6 is 12.2 Å². The largest absolute Gasteiger partial charge is 0.478 e. The van der Waals surface area contributed by atoms with Crippen molar-refractivity contribution in [3.8, 4) is 11.3 Å². The fraction of sp³-hybridized carbons (Fsp3) is 0.143. The minimum atomic E-state index is -1.05. The molecule has 38 heavy (non-hydrogen) atoms. The van der Waals surface area contributed by atoms with E-state index in [0.717, 1.165) is 5.69 Å². The summed E-state index contributed by atoms with van der Waals surface area (Å²) in [5.74, 6) is -0.743. The second kappa shape index (κ2) is 10.8. The molecule has 1 saturated heterocycles. The van der Waals surface area contributed by atoms with Gasteiger partial charge in [0.2, 0.25) is 5.91 Å². The van der Waals surface area contributed by atoms with Crippen molar-refractivity contribution in [1.82, 2.24) is 15.2 Å². The topological polar surface area (TPSA) is 108 Å². The van der Waals surface area contributed by atoms with E-state index in [-0.39, 0.29) is 36.3 Å². The number of carbonyl (C=O) groups is 2. The molecule has 1 fully saturated rings. The highest BCUT2D eigenvalue weighted by Gasteiger charge is 2.41. The molecule has 0 spiro atoms. The van der Waals surface area contributed by atoms with Crippen LogP contribution < -0.4 is 10.6 Å². The number of benzene rings is 2. The van der Waals surface area contributed by atoms with E-state index in [4.69, 9.17) is 16.6 Å². The first-order valence-electron chi connectivity index (χ1n) is 11.9. The third kappa shape index (κ3) is 5.25. The van der Waals surface area contributed by atoms with Crippen molar-refractivity contribution in [3.63, 3.8) is 0 Å². The van der Waals surface area contributed by atoms with Gasteiger partial charge in [-0.25, -0.2) is 9.18 Å². The smallest absolute Gasteiger partial charge is 0.336 e. The molecule has 2 atom stereocenters. The number of nitrogens with zero attached hydrogens (tertiary/aromatic N) is 2. The van der Waals surface area contributed by atoms with Crippen LogP contribution in [0.25, 0.3) is 11.3 Å². The molecule has 4 aromatic rings. The molecular weight excluding hydrogens is 507 g/mol. The highest BCUT2D eigenvalue weighted by atomic mass is 32.1. The number of pyridine rings is 1. The van der Waals surface area contributed by atoms with E-state index in [1.807, 2.05) is 23.1 Å². The second-order valence-corrected chi connectivity index (χ2v) is 9.06. The maximum absolute atomic E-state index is 13.2. The van der Waals surface area contributed by atoms with Gasteiger partial charge >= 0.3 is 5.97 Å². The zero-order valence-electron chi connectivity index (χ0n) is 20.0. The molecule has 3 heterocycles. The van der Waals surface area contributed by atoms with Crippen LogP contribution in [0.15, 0.2) is 89.5 Å². The predicted octanol–water partition coefficient (Wildman–Crippen LogP) is 5.18. The Kier molecular flexibility index (Phi) is 7.14. The van der Waals surface area contributed by atoms with Crippen molar-refractivity contribution >= 4 is 34.9 Å².